The van der Waals surface area contributed by atoms with Gasteiger partial charge in [0.15, 0.2) is 0 Å². The molecule has 0 aliphatic rings. The minimum Gasteiger partial charge on any atom is -0.507 e. The number of carbonyl (C=O) groups excluding carboxylic acids is 1. The summed E-state index contributed by atoms with van der Waals surface area (Å²) in [7, 11) is 1.61. The molecule has 1 amide bonds. The molecular weight excluding hydrogens is 230 g/mol. The van der Waals surface area contributed by atoms with Crippen LogP contribution in [0, 0.1) is 6.92 Å². The summed E-state index contributed by atoms with van der Waals surface area (Å²) in [6, 6.07) is 5.18. The number of para-hydroxylation sites is 1. The number of nitrogens with zero attached hydrogens (tertiary/aromatic N) is 1. The first-order valence-electron chi connectivity index (χ1n) is 6.11. The van der Waals surface area contributed by atoms with Crippen LogP contribution in [-0.4, -0.2) is 42.2 Å². The fourth-order valence-electron chi connectivity index (χ4n) is 1.97. The highest BCUT2D eigenvalue weighted by Crippen LogP contribution is 2.23. The highest BCUT2D eigenvalue weighted by molar-refractivity contribution is 5.97. The van der Waals surface area contributed by atoms with Gasteiger partial charge in [-0.3, -0.25) is 4.79 Å². The van der Waals surface area contributed by atoms with Crippen molar-refractivity contribution in [2.45, 2.75) is 26.8 Å². The first kappa shape index (κ1) is 14.5. The largest absolute Gasteiger partial charge is 0.507 e. The van der Waals surface area contributed by atoms with Gasteiger partial charge in [-0.15, -0.1) is 0 Å². The SMILES string of the molecule is CCN(C(=O)c1cccc(C)c1O)C(C)COC. The van der Waals surface area contributed by atoms with E-state index in [9.17, 15) is 9.90 Å². The summed E-state index contributed by atoms with van der Waals surface area (Å²) in [5.41, 5.74) is 1.05. The molecule has 1 rings (SSSR count). The third-order valence-electron chi connectivity index (χ3n) is 3.01. The summed E-state index contributed by atoms with van der Waals surface area (Å²) < 4.78 is 5.07. The lowest BCUT2D eigenvalue weighted by molar-refractivity contribution is 0.0576. The maximum Gasteiger partial charge on any atom is 0.257 e. The van der Waals surface area contributed by atoms with Crippen molar-refractivity contribution in [2.24, 2.45) is 0 Å². The van der Waals surface area contributed by atoms with Crippen molar-refractivity contribution in [3.05, 3.63) is 29.3 Å². The van der Waals surface area contributed by atoms with Crippen LogP contribution in [0.2, 0.25) is 0 Å². The summed E-state index contributed by atoms with van der Waals surface area (Å²) in [5, 5.41) is 9.95. The Kier molecular flexibility index (Phi) is 5.16. The zero-order valence-corrected chi connectivity index (χ0v) is 11.4. The lowest BCUT2D eigenvalue weighted by Crippen LogP contribution is -2.41. The van der Waals surface area contributed by atoms with Crippen molar-refractivity contribution in [3.63, 3.8) is 0 Å². The van der Waals surface area contributed by atoms with Crippen molar-refractivity contribution >= 4 is 5.91 Å². The van der Waals surface area contributed by atoms with E-state index in [4.69, 9.17) is 4.74 Å². The normalized spacial score (nSPS) is 12.2. The molecule has 4 heteroatoms. The first-order valence-corrected chi connectivity index (χ1v) is 6.11. The molecule has 0 radical (unpaired) electrons. The van der Waals surface area contributed by atoms with Gasteiger partial charge in [0.05, 0.1) is 18.2 Å². The summed E-state index contributed by atoms with van der Waals surface area (Å²) in [6.45, 7) is 6.68. The molecule has 4 nitrogen and oxygen atoms in total. The highest BCUT2D eigenvalue weighted by atomic mass is 16.5. The topological polar surface area (TPSA) is 49.8 Å². The van der Waals surface area contributed by atoms with Crippen molar-refractivity contribution in [2.75, 3.05) is 20.3 Å². The van der Waals surface area contributed by atoms with Crippen LogP contribution in [0.3, 0.4) is 0 Å². The van der Waals surface area contributed by atoms with E-state index in [1.54, 1.807) is 37.1 Å². The Morgan fingerprint density at radius 1 is 1.50 bits per heavy atom. The van der Waals surface area contributed by atoms with E-state index in [1.165, 1.54) is 0 Å². The monoisotopic (exact) mass is 251 g/mol. The molecule has 1 unspecified atom stereocenters. The van der Waals surface area contributed by atoms with Gasteiger partial charge < -0.3 is 14.7 Å². The average Bonchev–Trinajstić information content (AvgIpc) is 2.33. The second-order valence-electron chi connectivity index (χ2n) is 4.37. The molecule has 1 atom stereocenters. The number of benzene rings is 1. The van der Waals surface area contributed by atoms with Gasteiger partial charge in [0, 0.05) is 13.7 Å². The fourth-order valence-corrected chi connectivity index (χ4v) is 1.97. The van der Waals surface area contributed by atoms with Gasteiger partial charge in [0.25, 0.3) is 5.91 Å². The van der Waals surface area contributed by atoms with Crippen LogP contribution in [0.4, 0.5) is 0 Å². The molecule has 1 aromatic carbocycles. The maximum atomic E-state index is 12.4. The predicted molar refractivity (Wildman–Crippen MR) is 70.9 cm³/mol. The third kappa shape index (κ3) is 3.01. The van der Waals surface area contributed by atoms with Crippen LogP contribution < -0.4 is 0 Å². The van der Waals surface area contributed by atoms with E-state index >= 15 is 0 Å². The van der Waals surface area contributed by atoms with E-state index in [-0.39, 0.29) is 17.7 Å². The number of hydrogen-bond acceptors (Lipinski definition) is 3. The van der Waals surface area contributed by atoms with Crippen molar-refractivity contribution < 1.29 is 14.6 Å². The molecule has 1 aromatic rings. The molecule has 0 aromatic heterocycles. The molecule has 0 fully saturated rings. The number of phenols is 1. The van der Waals surface area contributed by atoms with E-state index < -0.39 is 0 Å². The second-order valence-corrected chi connectivity index (χ2v) is 4.37. The number of amides is 1. The Balaban J connectivity index is 3.00. The van der Waals surface area contributed by atoms with Gasteiger partial charge in [0.2, 0.25) is 0 Å². The second kappa shape index (κ2) is 6.40. The van der Waals surface area contributed by atoms with E-state index in [2.05, 4.69) is 0 Å². The Morgan fingerprint density at radius 2 is 2.17 bits per heavy atom. The Labute approximate surface area is 108 Å². The number of aryl methyl sites for hydroxylation is 1. The van der Waals surface area contributed by atoms with Gasteiger partial charge in [-0.25, -0.2) is 0 Å². The first-order chi connectivity index (χ1) is 8.52. The molecule has 0 heterocycles. The molecule has 0 saturated heterocycles. The van der Waals surface area contributed by atoms with Gasteiger partial charge in [-0.1, -0.05) is 12.1 Å². The Morgan fingerprint density at radius 3 is 2.72 bits per heavy atom. The Hall–Kier alpha value is -1.55. The molecule has 0 bridgehead atoms. The smallest absolute Gasteiger partial charge is 0.257 e. The summed E-state index contributed by atoms with van der Waals surface area (Å²) in [6.07, 6.45) is 0. The van der Waals surface area contributed by atoms with E-state index in [1.807, 2.05) is 13.8 Å². The molecule has 0 saturated carbocycles. The van der Waals surface area contributed by atoms with Crippen LogP contribution in [0.1, 0.15) is 29.8 Å². The number of aromatic hydroxyl groups is 1. The van der Waals surface area contributed by atoms with Gasteiger partial charge >= 0.3 is 0 Å². The maximum absolute atomic E-state index is 12.4. The van der Waals surface area contributed by atoms with Crippen molar-refractivity contribution in [1.82, 2.24) is 4.90 Å². The molecule has 0 aliphatic carbocycles. The van der Waals surface area contributed by atoms with Crippen LogP contribution in [0.15, 0.2) is 18.2 Å². The number of ether oxygens (including phenoxy) is 1. The van der Waals surface area contributed by atoms with Crippen LogP contribution in [0.5, 0.6) is 5.75 Å². The predicted octanol–water partition coefficient (Wildman–Crippen LogP) is 2.20. The van der Waals surface area contributed by atoms with Crippen LogP contribution >= 0.6 is 0 Å². The Bertz CT molecular complexity index is 418. The molecular formula is C14H21NO3. The molecule has 1 N–H and O–H groups in total. The molecule has 18 heavy (non-hydrogen) atoms. The fraction of sp³-hybridized carbons (Fsp3) is 0.500. The number of hydrogen-bond donors (Lipinski definition) is 1. The van der Waals surface area contributed by atoms with Crippen molar-refractivity contribution in [3.8, 4) is 5.75 Å². The molecule has 0 aliphatic heterocycles. The van der Waals surface area contributed by atoms with Gasteiger partial charge in [0.1, 0.15) is 5.75 Å². The quantitative estimate of drug-likeness (QED) is 0.872. The summed E-state index contributed by atoms with van der Waals surface area (Å²) in [4.78, 5) is 14.1. The number of methoxy groups -OCH3 is 1. The van der Waals surface area contributed by atoms with E-state index in [0.29, 0.717) is 24.3 Å². The molecule has 0 spiro atoms. The van der Waals surface area contributed by atoms with Crippen LogP contribution in [-0.2, 0) is 4.74 Å². The standard InChI is InChI=1S/C14H21NO3/c1-5-15(11(3)9-18-4)14(17)12-8-6-7-10(2)13(12)16/h6-8,11,16H,5,9H2,1-4H3. The van der Waals surface area contributed by atoms with Crippen molar-refractivity contribution in [1.29, 1.82) is 0 Å². The summed E-state index contributed by atoms with van der Waals surface area (Å²) in [5.74, 6) is -0.103. The lowest BCUT2D eigenvalue weighted by Gasteiger charge is -2.28. The number of phenolic OH excluding ortho intramolecular Hbond substituents is 1. The van der Waals surface area contributed by atoms with Gasteiger partial charge in [-0.2, -0.15) is 0 Å². The minimum atomic E-state index is -0.164. The summed E-state index contributed by atoms with van der Waals surface area (Å²) >= 11 is 0. The zero-order valence-electron chi connectivity index (χ0n) is 11.4. The van der Waals surface area contributed by atoms with Crippen LogP contribution in [0.25, 0.3) is 0 Å². The highest BCUT2D eigenvalue weighted by Gasteiger charge is 2.22. The van der Waals surface area contributed by atoms with E-state index in [0.717, 1.165) is 0 Å². The van der Waals surface area contributed by atoms with Gasteiger partial charge in [-0.05, 0) is 32.4 Å². The zero-order chi connectivity index (χ0) is 13.7. The lowest BCUT2D eigenvalue weighted by atomic mass is 10.1. The average molecular weight is 251 g/mol. The molecule has 100 valence electrons. The third-order valence-corrected chi connectivity index (χ3v) is 3.01. The minimum absolute atomic E-state index is 0.0209. The number of likely N-dealkylation sites (N-methyl/N-ethyl adjacent to an activating group) is 1. The number of carbonyl (C=O) groups is 1. The number of rotatable bonds is 5.